The summed E-state index contributed by atoms with van der Waals surface area (Å²) in [6.07, 6.45) is -7.40. The smallest absolute Gasteiger partial charge is 0.418 e. The fraction of sp³-hybridized carbons (Fsp3) is 0.400. The Hall–Kier alpha value is -1.42. The second-order valence-electron chi connectivity index (χ2n) is 4.08. The van der Waals surface area contributed by atoms with Crippen molar-refractivity contribution in [3.05, 3.63) is 28.8 Å². The Morgan fingerprint density at radius 1 is 0.957 bits per heavy atom. The summed E-state index contributed by atoms with van der Waals surface area (Å²) in [6, 6.07) is 0. The van der Waals surface area contributed by atoms with Crippen LogP contribution in [0.3, 0.4) is 0 Å². The summed E-state index contributed by atoms with van der Waals surface area (Å²) in [5.41, 5.74) is -3.19. The van der Waals surface area contributed by atoms with Gasteiger partial charge in [-0.15, -0.1) is 0 Å². The second kappa shape index (κ2) is 5.90. The van der Waals surface area contributed by atoms with Gasteiger partial charge in [0.15, 0.2) is 17.5 Å². The largest absolute Gasteiger partial charge is 0.458 e. The van der Waals surface area contributed by atoms with Gasteiger partial charge in [-0.3, -0.25) is 0 Å². The molecule has 0 fully saturated rings. The van der Waals surface area contributed by atoms with Crippen molar-refractivity contribution in [3.8, 4) is 5.75 Å². The summed E-state index contributed by atoms with van der Waals surface area (Å²) in [5, 5.41) is 0. The maximum atomic E-state index is 13.7. The molecule has 0 aliphatic heterocycles. The lowest BCUT2D eigenvalue weighted by Crippen LogP contribution is -2.36. The molecule has 1 unspecified atom stereocenters. The van der Waals surface area contributed by atoms with Crippen LogP contribution in [0.4, 0.5) is 39.5 Å². The van der Waals surface area contributed by atoms with Gasteiger partial charge in [-0.05, 0) is 0 Å². The van der Waals surface area contributed by atoms with Crippen LogP contribution < -0.4 is 4.52 Å². The van der Waals surface area contributed by atoms with Crippen molar-refractivity contribution in [2.24, 2.45) is 0 Å². The first kappa shape index (κ1) is 19.6. The minimum atomic E-state index is -6.55. The van der Waals surface area contributed by atoms with Crippen LogP contribution in [0.25, 0.3) is 0 Å². The van der Waals surface area contributed by atoms with Crippen molar-refractivity contribution in [2.45, 2.75) is 19.0 Å². The number of benzene rings is 1. The van der Waals surface area contributed by atoms with Crippen LogP contribution in [0.2, 0.25) is 0 Å². The third-order valence-electron chi connectivity index (χ3n) is 2.53. The molecule has 0 spiro atoms. The molecule has 0 aromatic heterocycles. The fourth-order valence-corrected chi connectivity index (χ4v) is 1.89. The molecule has 13 heteroatoms. The van der Waals surface area contributed by atoms with E-state index in [1.807, 2.05) is 0 Å². The van der Waals surface area contributed by atoms with E-state index in [2.05, 4.69) is 4.52 Å². The molecule has 23 heavy (non-hydrogen) atoms. The first-order valence-corrected chi connectivity index (χ1v) is 7.26. The van der Waals surface area contributed by atoms with Gasteiger partial charge in [0.2, 0.25) is 11.6 Å². The summed E-state index contributed by atoms with van der Waals surface area (Å²) in [7, 11) is -4.89. The van der Waals surface area contributed by atoms with E-state index in [1.54, 1.807) is 0 Å². The summed E-state index contributed by atoms with van der Waals surface area (Å²) < 4.78 is 131. The average molecular weight is 376 g/mol. The quantitative estimate of drug-likeness (QED) is 0.365. The van der Waals surface area contributed by atoms with Gasteiger partial charge >= 0.3 is 19.7 Å². The third-order valence-corrected chi connectivity index (χ3v) is 3.79. The number of halogens is 9. The zero-order valence-corrected chi connectivity index (χ0v) is 11.7. The average Bonchev–Trinajstić information content (AvgIpc) is 2.40. The molecule has 0 radical (unpaired) electrons. The Morgan fingerprint density at radius 3 is 1.83 bits per heavy atom. The van der Waals surface area contributed by atoms with Crippen LogP contribution in [0, 0.1) is 23.3 Å². The molecule has 0 heterocycles. The number of rotatable bonds is 4. The lowest BCUT2D eigenvalue weighted by molar-refractivity contribution is -0.291. The van der Waals surface area contributed by atoms with Gasteiger partial charge in [0.25, 0.3) is 0 Å². The van der Waals surface area contributed by atoms with Gasteiger partial charge < -0.3 is 9.42 Å². The lowest BCUT2D eigenvalue weighted by Gasteiger charge is -2.23. The first-order chi connectivity index (χ1) is 10.2. The Bertz CT molecular complexity index is 671. The summed E-state index contributed by atoms with van der Waals surface area (Å²) >= 11 is 0. The van der Waals surface area contributed by atoms with Gasteiger partial charge in [-0.2, -0.15) is 26.3 Å². The van der Waals surface area contributed by atoms with Crippen LogP contribution in [0.5, 0.6) is 5.75 Å². The van der Waals surface area contributed by atoms with Crippen LogP contribution >= 0.6 is 7.60 Å². The molecule has 0 bridgehead atoms. The Labute approximate surface area is 122 Å². The predicted octanol–water partition coefficient (Wildman–Crippen LogP) is 4.48. The molecule has 3 nitrogen and oxygen atoms in total. The van der Waals surface area contributed by atoms with Gasteiger partial charge in [-0.1, -0.05) is 6.92 Å². The molecule has 1 aromatic rings. The SMILES string of the molecule is CCP(=O)(O)Oc1c(F)c(F)c(F)c(C(F)(F)C(F)(F)F)c1F. The minimum absolute atomic E-state index is 0.851. The molecule has 1 rings (SSSR count). The molecule has 0 saturated heterocycles. The Balaban J connectivity index is 3.76. The number of hydrogen-bond acceptors (Lipinski definition) is 2. The van der Waals surface area contributed by atoms with Gasteiger partial charge in [0.05, 0.1) is 6.16 Å². The fourth-order valence-electron chi connectivity index (χ4n) is 1.32. The molecule has 1 atom stereocenters. The lowest BCUT2D eigenvalue weighted by atomic mass is 10.1. The second-order valence-corrected chi connectivity index (χ2v) is 6.17. The molecule has 1 aromatic carbocycles. The third kappa shape index (κ3) is 3.42. The van der Waals surface area contributed by atoms with Crippen molar-refractivity contribution in [1.29, 1.82) is 0 Å². The zero-order valence-electron chi connectivity index (χ0n) is 10.8. The number of alkyl halides is 5. The van der Waals surface area contributed by atoms with E-state index < -0.39 is 60.4 Å². The Morgan fingerprint density at radius 2 is 1.43 bits per heavy atom. The van der Waals surface area contributed by atoms with E-state index >= 15 is 0 Å². The van der Waals surface area contributed by atoms with E-state index in [9.17, 15) is 44.1 Å². The highest BCUT2D eigenvalue weighted by atomic mass is 31.2. The van der Waals surface area contributed by atoms with Crippen molar-refractivity contribution < 1.29 is 53.5 Å². The van der Waals surface area contributed by atoms with Crippen LogP contribution in [-0.4, -0.2) is 17.2 Å². The molecule has 1 N–H and O–H groups in total. The van der Waals surface area contributed by atoms with E-state index in [0.29, 0.717) is 0 Å². The van der Waals surface area contributed by atoms with Gasteiger partial charge in [-0.25, -0.2) is 17.7 Å². The summed E-state index contributed by atoms with van der Waals surface area (Å²) in [4.78, 5) is 9.01. The predicted molar refractivity (Wildman–Crippen MR) is 57.2 cm³/mol. The van der Waals surface area contributed by atoms with Crippen LogP contribution in [0.15, 0.2) is 0 Å². The maximum Gasteiger partial charge on any atom is 0.458 e. The van der Waals surface area contributed by atoms with Crippen molar-refractivity contribution in [1.82, 2.24) is 0 Å². The van der Waals surface area contributed by atoms with E-state index in [4.69, 9.17) is 4.89 Å². The summed E-state index contributed by atoms with van der Waals surface area (Å²) in [6.45, 7) is 0.932. The maximum absolute atomic E-state index is 13.7. The molecular formula is C10H6F9O3P. The van der Waals surface area contributed by atoms with Crippen molar-refractivity contribution in [3.63, 3.8) is 0 Å². The molecule has 0 amide bonds. The van der Waals surface area contributed by atoms with Crippen LogP contribution in [-0.2, 0) is 10.5 Å². The summed E-state index contributed by atoms with van der Waals surface area (Å²) in [5.74, 6) is -20.3. The van der Waals surface area contributed by atoms with Crippen molar-refractivity contribution in [2.75, 3.05) is 6.16 Å². The highest BCUT2D eigenvalue weighted by molar-refractivity contribution is 7.53. The monoisotopic (exact) mass is 376 g/mol. The van der Waals surface area contributed by atoms with E-state index in [0.717, 1.165) is 6.92 Å². The molecule has 0 aliphatic rings. The van der Waals surface area contributed by atoms with Gasteiger partial charge in [0.1, 0.15) is 5.56 Å². The highest BCUT2D eigenvalue weighted by Gasteiger charge is 2.62. The topological polar surface area (TPSA) is 46.5 Å². The van der Waals surface area contributed by atoms with Crippen molar-refractivity contribution >= 4 is 7.60 Å². The van der Waals surface area contributed by atoms with E-state index in [1.165, 1.54) is 0 Å². The first-order valence-electron chi connectivity index (χ1n) is 5.49. The highest BCUT2D eigenvalue weighted by Crippen LogP contribution is 2.50. The van der Waals surface area contributed by atoms with Crippen LogP contribution in [0.1, 0.15) is 12.5 Å². The van der Waals surface area contributed by atoms with E-state index in [-0.39, 0.29) is 0 Å². The molecule has 0 saturated carbocycles. The molecule has 0 aliphatic carbocycles. The van der Waals surface area contributed by atoms with Gasteiger partial charge in [0, 0.05) is 0 Å². The normalized spacial score (nSPS) is 15.4. The Kier molecular flexibility index (Phi) is 5.03. The minimum Gasteiger partial charge on any atom is -0.418 e. The molecular weight excluding hydrogens is 370 g/mol. The zero-order chi connectivity index (χ0) is 18.4. The standard InChI is InChI=1S/C10H6F9O3P/c1-2-23(20,21)22-8-5(12)3(4(11)6(13)7(8)14)9(15,16)10(17,18)19/h2H2,1H3,(H,20,21). The molecule has 132 valence electrons. The number of hydrogen-bond donors (Lipinski definition) is 1.